The molecule has 0 bridgehead atoms. The summed E-state index contributed by atoms with van der Waals surface area (Å²) in [6, 6.07) is 15.8. The number of hydrogen-bond acceptors (Lipinski definition) is 7. The Balaban J connectivity index is 1.39. The summed E-state index contributed by atoms with van der Waals surface area (Å²) in [7, 11) is -3.52. The van der Waals surface area contributed by atoms with Crippen molar-refractivity contribution in [2.45, 2.75) is 23.9 Å². The molecule has 3 aromatic rings. The van der Waals surface area contributed by atoms with Gasteiger partial charge in [-0.05, 0) is 24.3 Å². The van der Waals surface area contributed by atoms with Crippen molar-refractivity contribution >= 4 is 27.7 Å². The zero-order valence-electron chi connectivity index (χ0n) is 18.5. The standard InChI is InChI=1S/C22H27N5O4S2/c1-3-27(4-2)33(29,30)19-12-10-18(11-13-19)31-16-20(28)23-14-15-32-22-24-21(25-26-22)17-8-6-5-7-9-17/h5-13H,3-4,14-16H2,1-2H3,(H,23,28)(H,24,25,26). The van der Waals surface area contributed by atoms with Crippen molar-refractivity contribution in [1.82, 2.24) is 24.8 Å². The van der Waals surface area contributed by atoms with E-state index in [1.54, 1.807) is 26.0 Å². The highest BCUT2D eigenvalue weighted by Crippen LogP contribution is 2.20. The molecular weight excluding hydrogens is 462 g/mol. The number of nitrogens with one attached hydrogen (secondary N) is 2. The second kappa shape index (κ2) is 11.8. The maximum atomic E-state index is 12.5. The Hall–Kier alpha value is -2.89. The topological polar surface area (TPSA) is 117 Å². The molecule has 1 aromatic heterocycles. The number of carbonyl (C=O) groups is 1. The van der Waals surface area contributed by atoms with Gasteiger partial charge in [0, 0.05) is 31.0 Å². The lowest BCUT2D eigenvalue weighted by atomic mass is 10.2. The maximum Gasteiger partial charge on any atom is 0.257 e. The van der Waals surface area contributed by atoms with Crippen LogP contribution in [0.2, 0.25) is 0 Å². The number of rotatable bonds is 12. The van der Waals surface area contributed by atoms with Gasteiger partial charge in [0.1, 0.15) is 5.75 Å². The highest BCUT2D eigenvalue weighted by Gasteiger charge is 2.21. The molecule has 0 atom stereocenters. The fourth-order valence-electron chi connectivity index (χ4n) is 2.99. The number of H-pyrrole nitrogens is 1. The van der Waals surface area contributed by atoms with E-state index >= 15 is 0 Å². The van der Waals surface area contributed by atoms with E-state index in [0.29, 0.717) is 42.1 Å². The lowest BCUT2D eigenvalue weighted by Gasteiger charge is -2.18. The second-order valence-corrected chi connectivity index (χ2v) is 9.88. The highest BCUT2D eigenvalue weighted by molar-refractivity contribution is 7.99. The maximum absolute atomic E-state index is 12.5. The number of aromatic nitrogens is 3. The third-order valence-electron chi connectivity index (χ3n) is 4.70. The number of thioether (sulfide) groups is 1. The summed E-state index contributed by atoms with van der Waals surface area (Å²) < 4.78 is 31.8. The van der Waals surface area contributed by atoms with Gasteiger partial charge >= 0.3 is 0 Å². The summed E-state index contributed by atoms with van der Waals surface area (Å²) in [5, 5.41) is 10.5. The SMILES string of the molecule is CCN(CC)S(=O)(=O)c1ccc(OCC(=O)NCCSc2n[nH]c(-c3ccccc3)n2)cc1. The van der Waals surface area contributed by atoms with Gasteiger partial charge < -0.3 is 10.1 Å². The average Bonchev–Trinajstić information content (AvgIpc) is 3.31. The van der Waals surface area contributed by atoms with E-state index in [4.69, 9.17) is 4.74 Å². The van der Waals surface area contributed by atoms with Crippen LogP contribution in [0.5, 0.6) is 5.75 Å². The third kappa shape index (κ3) is 6.80. The molecule has 0 aliphatic heterocycles. The van der Waals surface area contributed by atoms with Gasteiger partial charge in [-0.15, -0.1) is 5.10 Å². The van der Waals surface area contributed by atoms with E-state index in [-0.39, 0.29) is 17.4 Å². The number of sulfonamides is 1. The molecule has 3 rings (SSSR count). The Bertz CT molecular complexity index is 1130. The molecule has 0 saturated heterocycles. The van der Waals surface area contributed by atoms with Gasteiger partial charge in [0.2, 0.25) is 15.2 Å². The van der Waals surface area contributed by atoms with E-state index in [2.05, 4.69) is 20.5 Å². The van der Waals surface area contributed by atoms with Crippen LogP contribution in [0.3, 0.4) is 0 Å². The van der Waals surface area contributed by atoms with Crippen LogP contribution in [-0.4, -0.2) is 65.8 Å². The quantitative estimate of drug-likeness (QED) is 0.297. The van der Waals surface area contributed by atoms with Gasteiger partial charge in [-0.25, -0.2) is 13.4 Å². The van der Waals surface area contributed by atoms with Gasteiger partial charge in [-0.3, -0.25) is 9.89 Å². The molecule has 0 aliphatic rings. The first-order valence-corrected chi connectivity index (χ1v) is 13.0. The largest absolute Gasteiger partial charge is 0.484 e. The summed E-state index contributed by atoms with van der Waals surface area (Å²) in [4.78, 5) is 16.7. The van der Waals surface area contributed by atoms with Crippen molar-refractivity contribution in [3.63, 3.8) is 0 Å². The summed E-state index contributed by atoms with van der Waals surface area (Å²) >= 11 is 1.43. The average molecular weight is 490 g/mol. The molecule has 11 heteroatoms. The lowest BCUT2D eigenvalue weighted by molar-refractivity contribution is -0.122. The monoisotopic (exact) mass is 489 g/mol. The van der Waals surface area contributed by atoms with Gasteiger partial charge in [0.15, 0.2) is 12.4 Å². The van der Waals surface area contributed by atoms with E-state index in [1.807, 2.05) is 30.3 Å². The molecule has 1 heterocycles. The Morgan fingerprint density at radius 2 is 1.79 bits per heavy atom. The predicted molar refractivity (Wildman–Crippen MR) is 128 cm³/mol. The Morgan fingerprint density at radius 3 is 2.45 bits per heavy atom. The number of amides is 1. The van der Waals surface area contributed by atoms with Crippen molar-refractivity contribution in [2.24, 2.45) is 0 Å². The molecule has 0 saturated carbocycles. The third-order valence-corrected chi connectivity index (χ3v) is 7.62. The van der Waals surface area contributed by atoms with Crippen LogP contribution in [0.25, 0.3) is 11.4 Å². The molecule has 33 heavy (non-hydrogen) atoms. The van der Waals surface area contributed by atoms with Gasteiger partial charge in [0.05, 0.1) is 4.90 Å². The highest BCUT2D eigenvalue weighted by atomic mass is 32.2. The smallest absolute Gasteiger partial charge is 0.257 e. The molecule has 9 nitrogen and oxygen atoms in total. The lowest BCUT2D eigenvalue weighted by Crippen LogP contribution is -2.31. The van der Waals surface area contributed by atoms with Crippen molar-refractivity contribution in [3.8, 4) is 17.1 Å². The van der Waals surface area contributed by atoms with E-state index in [9.17, 15) is 13.2 Å². The first-order chi connectivity index (χ1) is 15.9. The van der Waals surface area contributed by atoms with Crippen LogP contribution in [-0.2, 0) is 14.8 Å². The van der Waals surface area contributed by atoms with Crippen molar-refractivity contribution < 1.29 is 17.9 Å². The van der Waals surface area contributed by atoms with Crippen LogP contribution in [0.15, 0.2) is 64.6 Å². The van der Waals surface area contributed by atoms with Crippen LogP contribution < -0.4 is 10.1 Å². The van der Waals surface area contributed by atoms with E-state index in [0.717, 1.165) is 5.56 Å². The van der Waals surface area contributed by atoms with Crippen molar-refractivity contribution in [1.29, 1.82) is 0 Å². The van der Waals surface area contributed by atoms with Crippen LogP contribution >= 0.6 is 11.8 Å². The fourth-order valence-corrected chi connectivity index (χ4v) is 5.10. The normalized spacial score (nSPS) is 11.5. The van der Waals surface area contributed by atoms with Gasteiger partial charge in [-0.2, -0.15) is 4.31 Å². The summed E-state index contributed by atoms with van der Waals surface area (Å²) in [5.41, 5.74) is 0.959. The zero-order valence-corrected chi connectivity index (χ0v) is 20.2. The number of benzene rings is 2. The minimum atomic E-state index is -3.52. The zero-order chi connectivity index (χ0) is 23.7. The van der Waals surface area contributed by atoms with Crippen molar-refractivity contribution in [2.75, 3.05) is 32.0 Å². The Kier molecular flexibility index (Phi) is 8.87. The number of hydrogen-bond donors (Lipinski definition) is 2. The molecule has 1 amide bonds. The molecule has 2 N–H and O–H groups in total. The van der Waals surface area contributed by atoms with Gasteiger partial charge in [-0.1, -0.05) is 55.9 Å². The number of ether oxygens (including phenoxy) is 1. The van der Waals surface area contributed by atoms with Crippen LogP contribution in [0.1, 0.15) is 13.8 Å². The number of carbonyl (C=O) groups excluding carboxylic acids is 1. The molecule has 176 valence electrons. The molecule has 0 radical (unpaired) electrons. The van der Waals surface area contributed by atoms with Crippen molar-refractivity contribution in [3.05, 3.63) is 54.6 Å². The fraction of sp³-hybridized carbons (Fsp3) is 0.318. The summed E-state index contributed by atoms with van der Waals surface area (Å²) in [5.74, 6) is 1.46. The van der Waals surface area contributed by atoms with E-state index < -0.39 is 10.0 Å². The molecule has 0 aliphatic carbocycles. The second-order valence-electron chi connectivity index (χ2n) is 6.88. The number of aromatic amines is 1. The van der Waals surface area contributed by atoms with Crippen LogP contribution in [0.4, 0.5) is 0 Å². The molecule has 0 unspecified atom stereocenters. The molecule has 0 spiro atoms. The first-order valence-electron chi connectivity index (χ1n) is 10.5. The van der Waals surface area contributed by atoms with E-state index in [1.165, 1.54) is 28.2 Å². The molecule has 0 fully saturated rings. The minimum absolute atomic E-state index is 0.161. The minimum Gasteiger partial charge on any atom is -0.484 e. The predicted octanol–water partition coefficient (Wildman–Crippen LogP) is 2.79. The first kappa shape index (κ1) is 24.7. The summed E-state index contributed by atoms with van der Waals surface area (Å²) in [6.07, 6.45) is 0. The number of nitrogens with zero attached hydrogens (tertiary/aromatic N) is 3. The van der Waals surface area contributed by atoms with Crippen LogP contribution in [0, 0.1) is 0 Å². The summed E-state index contributed by atoms with van der Waals surface area (Å²) in [6.45, 7) is 4.67. The Morgan fingerprint density at radius 1 is 1.09 bits per heavy atom. The molecule has 2 aromatic carbocycles. The van der Waals surface area contributed by atoms with Gasteiger partial charge in [0.25, 0.3) is 5.91 Å². The Labute approximate surface area is 198 Å². The molecular formula is C22H27N5O4S2.